The molecule has 0 aromatic heterocycles. The predicted octanol–water partition coefficient (Wildman–Crippen LogP) is 2.77. The van der Waals surface area contributed by atoms with Crippen LogP contribution in [0.5, 0.6) is 0 Å². The van der Waals surface area contributed by atoms with Gasteiger partial charge in [0.25, 0.3) is 5.91 Å². The Kier molecular flexibility index (Phi) is 8.05. The molecule has 0 saturated carbocycles. The van der Waals surface area contributed by atoms with Crippen molar-refractivity contribution in [2.24, 2.45) is 5.92 Å². The molecule has 162 valence electrons. The van der Waals surface area contributed by atoms with Crippen molar-refractivity contribution in [2.75, 3.05) is 38.5 Å². The van der Waals surface area contributed by atoms with Gasteiger partial charge in [-0.15, -0.1) is 0 Å². The van der Waals surface area contributed by atoms with Crippen molar-refractivity contribution in [3.05, 3.63) is 29.8 Å². The molecule has 0 radical (unpaired) electrons. The predicted molar refractivity (Wildman–Crippen MR) is 116 cm³/mol. The van der Waals surface area contributed by atoms with E-state index in [2.05, 4.69) is 15.5 Å². The minimum absolute atomic E-state index is 0.207. The van der Waals surface area contributed by atoms with Gasteiger partial charge in [-0.2, -0.15) is 0 Å². The highest BCUT2D eigenvalue weighted by Gasteiger charge is 2.24. The molecule has 1 heterocycles. The molecule has 3 N–H and O–H groups in total. The normalized spacial score (nSPS) is 16.9. The number of piperidine rings is 1. The van der Waals surface area contributed by atoms with Crippen LogP contribution in [0.1, 0.15) is 50.9 Å². The molecule has 7 nitrogen and oxygen atoms in total. The van der Waals surface area contributed by atoms with Gasteiger partial charge in [-0.1, -0.05) is 12.1 Å². The van der Waals surface area contributed by atoms with Crippen LogP contribution in [0.3, 0.4) is 0 Å². The number of carbonyl (C=O) groups excluding carboxylic acids is 2. The summed E-state index contributed by atoms with van der Waals surface area (Å²) in [4.78, 5) is 29.2. The van der Waals surface area contributed by atoms with Crippen LogP contribution >= 0.6 is 0 Å². The molecule has 0 aliphatic carbocycles. The maximum atomic E-state index is 12.7. The average molecular weight is 405 g/mol. The van der Waals surface area contributed by atoms with E-state index in [4.69, 9.17) is 0 Å². The number of nitrogens with one attached hydrogen (secondary N) is 2. The molecular weight excluding hydrogens is 368 g/mol. The Morgan fingerprint density at radius 1 is 1.24 bits per heavy atom. The summed E-state index contributed by atoms with van der Waals surface area (Å²) in [5, 5.41) is 15.3. The van der Waals surface area contributed by atoms with Crippen LogP contribution in [-0.2, 0) is 0 Å². The fourth-order valence-corrected chi connectivity index (χ4v) is 3.60. The van der Waals surface area contributed by atoms with E-state index in [1.165, 1.54) is 0 Å². The topological polar surface area (TPSA) is 84.9 Å². The number of amides is 3. The van der Waals surface area contributed by atoms with Gasteiger partial charge in [0.15, 0.2) is 0 Å². The fraction of sp³-hybridized carbons (Fsp3) is 0.636. The summed E-state index contributed by atoms with van der Waals surface area (Å²) in [5.74, 6) is 0.233. The highest BCUT2D eigenvalue weighted by molar-refractivity contribution is 6.03. The molecule has 3 amide bonds. The zero-order chi connectivity index (χ0) is 21.6. The molecule has 1 atom stereocenters. The van der Waals surface area contributed by atoms with Gasteiger partial charge in [-0.05, 0) is 71.7 Å². The lowest BCUT2D eigenvalue weighted by Gasteiger charge is -2.34. The Balaban J connectivity index is 1.91. The number of anilines is 1. The second-order valence-electron chi connectivity index (χ2n) is 9.15. The van der Waals surface area contributed by atoms with Crippen LogP contribution in [0.4, 0.5) is 10.5 Å². The summed E-state index contributed by atoms with van der Waals surface area (Å²) in [7, 11) is 1.79. The fourth-order valence-electron chi connectivity index (χ4n) is 3.60. The highest BCUT2D eigenvalue weighted by atomic mass is 16.3. The van der Waals surface area contributed by atoms with Crippen LogP contribution in [0.25, 0.3) is 0 Å². The standard InChI is InChI=1S/C22H36N4O3/c1-16(27)14-26-12-10-17(11-13-26)15-25(5)21(29)23-19-9-7-6-8-18(19)20(28)24-22(2,3)4/h6-9,16-17,27H,10-15H2,1-5H3,(H,23,29)(H,24,28)/t16-/m1/s1. The Labute approximate surface area is 174 Å². The first-order valence-electron chi connectivity index (χ1n) is 10.4. The third-order valence-corrected chi connectivity index (χ3v) is 5.01. The number of benzene rings is 1. The van der Waals surface area contributed by atoms with Crippen molar-refractivity contribution in [1.29, 1.82) is 0 Å². The van der Waals surface area contributed by atoms with Crippen LogP contribution in [0.2, 0.25) is 0 Å². The van der Waals surface area contributed by atoms with Gasteiger partial charge in [0.2, 0.25) is 0 Å². The molecule has 1 aromatic carbocycles. The molecule has 0 spiro atoms. The zero-order valence-corrected chi connectivity index (χ0v) is 18.4. The van der Waals surface area contributed by atoms with Crippen LogP contribution in [0.15, 0.2) is 24.3 Å². The first-order chi connectivity index (χ1) is 13.5. The van der Waals surface area contributed by atoms with Crippen LogP contribution in [0, 0.1) is 5.92 Å². The first-order valence-corrected chi connectivity index (χ1v) is 10.4. The smallest absolute Gasteiger partial charge is 0.321 e. The van der Waals surface area contributed by atoms with Gasteiger partial charge in [0.05, 0.1) is 17.4 Å². The molecule has 7 heteroatoms. The van der Waals surface area contributed by atoms with E-state index in [1.54, 1.807) is 36.2 Å². The van der Waals surface area contributed by atoms with Crippen LogP contribution < -0.4 is 10.6 Å². The summed E-state index contributed by atoms with van der Waals surface area (Å²) < 4.78 is 0. The van der Waals surface area contributed by atoms with E-state index in [0.717, 1.165) is 25.9 Å². The quantitative estimate of drug-likeness (QED) is 0.681. The Morgan fingerprint density at radius 3 is 2.45 bits per heavy atom. The first kappa shape index (κ1) is 23.2. The number of carbonyl (C=O) groups is 2. The van der Waals surface area contributed by atoms with Crippen molar-refractivity contribution in [2.45, 2.75) is 52.2 Å². The number of hydrogen-bond donors (Lipinski definition) is 3. The molecule has 1 aromatic rings. The number of aliphatic hydroxyl groups is 1. The number of para-hydroxylation sites is 1. The lowest BCUT2D eigenvalue weighted by molar-refractivity contribution is 0.0920. The monoisotopic (exact) mass is 404 g/mol. The Hall–Kier alpha value is -2.12. The van der Waals surface area contributed by atoms with Gasteiger partial charge in [0.1, 0.15) is 0 Å². The maximum Gasteiger partial charge on any atom is 0.321 e. The van der Waals surface area contributed by atoms with E-state index in [-0.39, 0.29) is 23.6 Å². The van der Waals surface area contributed by atoms with Gasteiger partial charge in [-0.3, -0.25) is 4.79 Å². The number of likely N-dealkylation sites (tertiary alicyclic amines) is 1. The van der Waals surface area contributed by atoms with Crippen molar-refractivity contribution >= 4 is 17.6 Å². The summed E-state index contributed by atoms with van der Waals surface area (Å²) >= 11 is 0. The Bertz CT molecular complexity index is 692. The van der Waals surface area contributed by atoms with E-state index < -0.39 is 0 Å². The largest absolute Gasteiger partial charge is 0.392 e. The average Bonchev–Trinajstić information content (AvgIpc) is 2.61. The molecule has 1 saturated heterocycles. The molecule has 29 heavy (non-hydrogen) atoms. The molecule has 1 aliphatic rings. The summed E-state index contributed by atoms with van der Waals surface area (Å²) in [5.41, 5.74) is 0.613. The van der Waals surface area contributed by atoms with Crippen molar-refractivity contribution in [3.8, 4) is 0 Å². The Morgan fingerprint density at radius 2 is 1.86 bits per heavy atom. The SMILES string of the molecule is C[C@@H](O)CN1CCC(CN(C)C(=O)Nc2ccccc2C(=O)NC(C)(C)C)CC1. The summed E-state index contributed by atoms with van der Waals surface area (Å²) in [6.45, 7) is 10.8. The van der Waals surface area contributed by atoms with Gasteiger partial charge >= 0.3 is 6.03 Å². The van der Waals surface area contributed by atoms with Gasteiger partial charge in [0, 0.05) is 25.7 Å². The minimum atomic E-state index is -0.353. The number of urea groups is 1. The van der Waals surface area contributed by atoms with E-state index in [1.807, 2.05) is 27.7 Å². The number of aliphatic hydroxyl groups excluding tert-OH is 1. The van der Waals surface area contributed by atoms with Crippen molar-refractivity contribution < 1.29 is 14.7 Å². The minimum Gasteiger partial charge on any atom is -0.392 e. The third-order valence-electron chi connectivity index (χ3n) is 5.01. The second-order valence-corrected chi connectivity index (χ2v) is 9.15. The number of nitrogens with zero attached hydrogens (tertiary/aromatic N) is 2. The molecule has 0 unspecified atom stereocenters. The van der Waals surface area contributed by atoms with E-state index >= 15 is 0 Å². The summed E-state index contributed by atoms with van der Waals surface area (Å²) in [6.07, 6.45) is 1.71. The van der Waals surface area contributed by atoms with E-state index in [0.29, 0.717) is 30.3 Å². The third kappa shape index (κ3) is 7.66. The molecule has 0 bridgehead atoms. The van der Waals surface area contributed by atoms with Gasteiger partial charge in [-0.25, -0.2) is 4.79 Å². The zero-order valence-electron chi connectivity index (χ0n) is 18.4. The maximum absolute atomic E-state index is 12.7. The lowest BCUT2D eigenvalue weighted by Crippen LogP contribution is -2.43. The van der Waals surface area contributed by atoms with Crippen molar-refractivity contribution in [3.63, 3.8) is 0 Å². The lowest BCUT2D eigenvalue weighted by atomic mass is 9.96. The summed E-state index contributed by atoms with van der Waals surface area (Å²) in [6, 6.07) is 6.85. The molecule has 1 fully saturated rings. The van der Waals surface area contributed by atoms with E-state index in [9.17, 15) is 14.7 Å². The number of hydrogen-bond acceptors (Lipinski definition) is 4. The van der Waals surface area contributed by atoms with Gasteiger partial charge < -0.3 is 25.5 Å². The highest BCUT2D eigenvalue weighted by Crippen LogP contribution is 2.20. The van der Waals surface area contributed by atoms with Crippen molar-refractivity contribution in [1.82, 2.24) is 15.1 Å². The molecule has 1 aliphatic heterocycles. The second kappa shape index (κ2) is 10.1. The van der Waals surface area contributed by atoms with Crippen LogP contribution in [-0.4, -0.2) is 71.7 Å². The molecular formula is C22H36N4O3. The number of rotatable bonds is 6. The molecule has 2 rings (SSSR count). The number of β-amino-alcohol motifs (C(OH)–C–C–N with tert-alkyl or cyclic N) is 1.